The van der Waals surface area contributed by atoms with E-state index in [1.165, 1.54) is 99.3 Å². The van der Waals surface area contributed by atoms with Crippen LogP contribution >= 0.6 is 0 Å². The molecule has 0 amide bonds. The summed E-state index contributed by atoms with van der Waals surface area (Å²) in [6.45, 7) is 39.3. The van der Waals surface area contributed by atoms with Crippen molar-refractivity contribution in [1.29, 1.82) is 0 Å². The lowest BCUT2D eigenvalue weighted by Gasteiger charge is -2.38. The van der Waals surface area contributed by atoms with Crippen molar-refractivity contribution in [3.63, 3.8) is 0 Å². The van der Waals surface area contributed by atoms with Crippen molar-refractivity contribution in [2.24, 2.45) is 17.8 Å². The third-order valence-corrected chi connectivity index (χ3v) is 15.9. The first-order chi connectivity index (χ1) is 33.8. The van der Waals surface area contributed by atoms with Crippen molar-refractivity contribution < 1.29 is 23.7 Å². The lowest BCUT2D eigenvalue weighted by atomic mass is 9.75. The second-order valence-corrected chi connectivity index (χ2v) is 24.1. The van der Waals surface area contributed by atoms with E-state index in [-0.39, 0.29) is 16.8 Å². The molecule has 6 rings (SSSR count). The molecule has 2 fully saturated rings. The van der Waals surface area contributed by atoms with Crippen molar-refractivity contribution in [1.82, 2.24) is 0 Å². The van der Waals surface area contributed by atoms with Crippen LogP contribution in [0.5, 0.6) is 23.0 Å². The number of ether oxygens (including phenoxy) is 5. The molecule has 2 saturated carbocycles. The molecule has 4 aromatic carbocycles. The molecule has 0 aliphatic heterocycles. The van der Waals surface area contributed by atoms with E-state index < -0.39 is 5.79 Å². The maximum atomic E-state index is 6.34. The van der Waals surface area contributed by atoms with Gasteiger partial charge < -0.3 is 23.7 Å². The summed E-state index contributed by atoms with van der Waals surface area (Å²) >= 11 is 0. The SMILES string of the molecule is CCC(C)c1ccc(OC(C)(C)C)cc1.CCC(C)c1ccc(OC(C)(C)C2CCC(C)CC2)cc1.CCC(C)c1ccc(OC(C)(C)C2CCCCC2)cc1.CCC(C)c1ccc(OC(C)(C)OC)cc1. The van der Waals surface area contributed by atoms with Crippen molar-refractivity contribution in [2.75, 3.05) is 7.11 Å². The molecule has 0 saturated heterocycles. The normalized spacial score (nSPS) is 18.3. The first-order valence-electron chi connectivity index (χ1n) is 28.6. The molecule has 4 aromatic rings. The van der Waals surface area contributed by atoms with Gasteiger partial charge in [-0.15, -0.1) is 0 Å². The number of methoxy groups -OCH3 is 1. The van der Waals surface area contributed by atoms with Gasteiger partial charge in [-0.3, -0.25) is 0 Å². The fourth-order valence-corrected chi connectivity index (χ4v) is 9.61. The Labute approximate surface area is 443 Å². The standard InChI is InChI=1S/C20H32O.C19H30O.C14H22O2.C14H22O/c1-6-16(3)17-9-13-19(14-10-17)21-20(4,5)18-11-7-15(2)8-12-18;1-5-15(2)16-11-13-18(14-12-16)20-19(3,4)17-9-7-6-8-10-17;1-6-11(2)12-7-9-13(10-8-12)16-14(3,4)15-5;1-6-11(2)12-7-9-13(10-8-12)15-14(3,4)5/h9-10,13-16,18H,6-8,11-12H2,1-5H3;11-15,17H,5-10H2,1-4H3;7-11H,6H2,1-5H3;7-11H,6H2,1-5H3. The van der Waals surface area contributed by atoms with E-state index in [0.717, 1.165) is 35.3 Å². The smallest absolute Gasteiger partial charge is 0.204 e. The lowest BCUT2D eigenvalue weighted by Crippen LogP contribution is -2.39. The molecule has 0 aromatic heterocycles. The van der Waals surface area contributed by atoms with Gasteiger partial charge in [0, 0.05) is 21.0 Å². The summed E-state index contributed by atoms with van der Waals surface area (Å²) in [5.74, 6) is 8.05. The van der Waals surface area contributed by atoms with Gasteiger partial charge in [-0.2, -0.15) is 0 Å². The monoisotopic (exact) mass is 991 g/mol. The van der Waals surface area contributed by atoms with Gasteiger partial charge >= 0.3 is 0 Å². The van der Waals surface area contributed by atoms with Crippen LogP contribution in [0.15, 0.2) is 97.1 Å². The van der Waals surface area contributed by atoms with Gasteiger partial charge in [-0.1, -0.05) is 143 Å². The Hall–Kier alpha value is -3.96. The fourth-order valence-electron chi connectivity index (χ4n) is 9.61. The number of hydrogen-bond acceptors (Lipinski definition) is 5. The maximum absolute atomic E-state index is 6.34. The number of benzene rings is 4. The molecule has 4 atom stereocenters. The van der Waals surface area contributed by atoms with Gasteiger partial charge in [0.05, 0.1) is 0 Å². The Morgan fingerprint density at radius 1 is 0.389 bits per heavy atom. The minimum absolute atomic E-state index is 0.0433. The van der Waals surface area contributed by atoms with E-state index in [2.05, 4.69) is 196 Å². The van der Waals surface area contributed by atoms with Gasteiger partial charge in [-0.05, 0) is 212 Å². The van der Waals surface area contributed by atoms with E-state index in [1.54, 1.807) is 7.11 Å². The summed E-state index contributed by atoms with van der Waals surface area (Å²) in [6.07, 6.45) is 16.8. The number of hydrogen-bond donors (Lipinski definition) is 0. The lowest BCUT2D eigenvalue weighted by molar-refractivity contribution is -0.134. The summed E-state index contributed by atoms with van der Waals surface area (Å²) < 4.78 is 29.3. The summed E-state index contributed by atoms with van der Waals surface area (Å²) in [7, 11) is 1.65. The van der Waals surface area contributed by atoms with Crippen LogP contribution in [0.2, 0.25) is 0 Å². The molecule has 0 spiro atoms. The van der Waals surface area contributed by atoms with Gasteiger partial charge in [-0.25, -0.2) is 0 Å². The molecule has 0 N–H and O–H groups in total. The average Bonchev–Trinajstić information content (AvgIpc) is 3.36. The predicted octanol–water partition coefficient (Wildman–Crippen LogP) is 20.5. The van der Waals surface area contributed by atoms with E-state index in [1.807, 2.05) is 26.0 Å². The fraction of sp³-hybridized carbons (Fsp3) is 0.642. The second-order valence-electron chi connectivity index (χ2n) is 24.1. The molecule has 0 bridgehead atoms. The molecule has 0 heterocycles. The first-order valence-corrected chi connectivity index (χ1v) is 28.6. The highest BCUT2D eigenvalue weighted by Crippen LogP contribution is 2.39. The Kier molecular flexibility index (Phi) is 25.8. The molecule has 4 unspecified atom stereocenters. The largest absolute Gasteiger partial charge is 0.488 e. The topological polar surface area (TPSA) is 46.2 Å². The van der Waals surface area contributed by atoms with Gasteiger partial charge in [0.25, 0.3) is 0 Å². The van der Waals surface area contributed by atoms with Crippen molar-refractivity contribution in [3.8, 4) is 23.0 Å². The summed E-state index contributed by atoms with van der Waals surface area (Å²) in [4.78, 5) is 0. The molecule has 5 nitrogen and oxygen atoms in total. The van der Waals surface area contributed by atoms with Crippen LogP contribution in [0.3, 0.4) is 0 Å². The molecule has 2 aliphatic carbocycles. The van der Waals surface area contributed by atoms with Crippen LogP contribution in [0, 0.1) is 17.8 Å². The minimum Gasteiger partial charge on any atom is -0.488 e. The van der Waals surface area contributed by atoms with Crippen LogP contribution in [0.1, 0.15) is 254 Å². The maximum Gasteiger partial charge on any atom is 0.204 e. The Morgan fingerprint density at radius 3 is 0.944 bits per heavy atom. The third-order valence-electron chi connectivity index (χ3n) is 15.9. The number of rotatable bonds is 18. The van der Waals surface area contributed by atoms with Crippen LogP contribution in [0.4, 0.5) is 0 Å². The summed E-state index contributed by atoms with van der Waals surface area (Å²) in [5.41, 5.74) is 5.35. The highest BCUT2D eigenvalue weighted by molar-refractivity contribution is 5.32. The molecule has 404 valence electrons. The summed E-state index contributed by atoms with van der Waals surface area (Å²) in [5, 5.41) is 0. The Bertz CT molecular complexity index is 2030. The van der Waals surface area contributed by atoms with Crippen molar-refractivity contribution >= 4 is 0 Å². The van der Waals surface area contributed by atoms with Crippen molar-refractivity contribution in [2.45, 2.75) is 254 Å². The zero-order chi connectivity index (χ0) is 53.7. The van der Waals surface area contributed by atoms with Gasteiger partial charge in [0.2, 0.25) is 5.79 Å². The first kappa shape index (κ1) is 62.3. The highest BCUT2D eigenvalue weighted by Gasteiger charge is 2.35. The molecule has 5 heteroatoms. The zero-order valence-corrected chi connectivity index (χ0v) is 49.5. The van der Waals surface area contributed by atoms with E-state index in [9.17, 15) is 0 Å². The van der Waals surface area contributed by atoms with Gasteiger partial charge in [0.15, 0.2) is 0 Å². The quantitative estimate of drug-likeness (QED) is 0.0930. The minimum atomic E-state index is -0.572. The molecule has 2 aliphatic rings. The van der Waals surface area contributed by atoms with Crippen LogP contribution in [-0.2, 0) is 4.74 Å². The Balaban J connectivity index is 0.000000256. The van der Waals surface area contributed by atoms with Gasteiger partial charge in [0.1, 0.15) is 39.8 Å². The Morgan fingerprint density at radius 2 is 0.667 bits per heavy atom. The molecular weight excluding hydrogens is 885 g/mol. The van der Waals surface area contributed by atoms with E-state index in [0.29, 0.717) is 35.5 Å². The third kappa shape index (κ3) is 21.9. The highest BCUT2D eigenvalue weighted by atomic mass is 16.7. The zero-order valence-electron chi connectivity index (χ0n) is 49.5. The summed E-state index contributed by atoms with van der Waals surface area (Å²) in [6, 6.07) is 34.2. The molecular formula is C67H106O5. The molecule has 72 heavy (non-hydrogen) atoms. The van der Waals surface area contributed by atoms with Crippen LogP contribution < -0.4 is 18.9 Å². The van der Waals surface area contributed by atoms with Crippen LogP contribution in [0.25, 0.3) is 0 Å². The van der Waals surface area contributed by atoms with Crippen LogP contribution in [-0.4, -0.2) is 29.7 Å². The second kappa shape index (κ2) is 29.8. The predicted molar refractivity (Wildman–Crippen MR) is 310 cm³/mol. The molecule has 0 radical (unpaired) electrons. The van der Waals surface area contributed by atoms with E-state index in [4.69, 9.17) is 23.7 Å². The van der Waals surface area contributed by atoms with E-state index >= 15 is 0 Å². The van der Waals surface area contributed by atoms with Crippen molar-refractivity contribution in [3.05, 3.63) is 119 Å². The average molecular weight is 992 g/mol.